The molecule has 3 rings (SSSR count). The van der Waals surface area contributed by atoms with E-state index in [1.54, 1.807) is 0 Å². The highest BCUT2D eigenvalue weighted by atomic mass is 16.3. The lowest BCUT2D eigenvalue weighted by atomic mass is 9.88. The molecule has 0 spiro atoms. The molecule has 2 fully saturated rings. The van der Waals surface area contributed by atoms with Crippen LogP contribution in [0.4, 0.5) is 0 Å². The molecule has 1 saturated heterocycles. The zero-order valence-corrected chi connectivity index (χ0v) is 17.0. The molecule has 4 nitrogen and oxygen atoms in total. The molecule has 1 amide bonds. The van der Waals surface area contributed by atoms with E-state index in [2.05, 4.69) is 43.4 Å². The van der Waals surface area contributed by atoms with Crippen molar-refractivity contribution >= 4 is 5.91 Å². The first-order chi connectivity index (χ1) is 13.0. The van der Waals surface area contributed by atoms with Crippen LogP contribution in [0.1, 0.15) is 75.8 Å². The lowest BCUT2D eigenvalue weighted by Crippen LogP contribution is -2.58. The Kier molecular flexibility index (Phi) is 6.93. The van der Waals surface area contributed by atoms with E-state index in [4.69, 9.17) is 0 Å². The minimum Gasteiger partial charge on any atom is -0.379 e. The van der Waals surface area contributed by atoms with Gasteiger partial charge in [0.25, 0.3) is 5.91 Å². The van der Waals surface area contributed by atoms with Gasteiger partial charge in [-0.05, 0) is 55.2 Å². The Morgan fingerprint density at radius 2 is 1.85 bits per heavy atom. The van der Waals surface area contributed by atoms with Crippen molar-refractivity contribution in [3.8, 4) is 0 Å². The number of likely N-dealkylation sites (tertiary alicyclic amines) is 1. The van der Waals surface area contributed by atoms with Gasteiger partial charge in [0, 0.05) is 19.6 Å². The van der Waals surface area contributed by atoms with Crippen molar-refractivity contribution in [2.45, 2.75) is 76.9 Å². The van der Waals surface area contributed by atoms with E-state index >= 15 is 0 Å². The third-order valence-corrected chi connectivity index (χ3v) is 6.30. The van der Waals surface area contributed by atoms with Crippen LogP contribution < -0.4 is 5.32 Å². The number of rotatable bonds is 7. The number of nitrogens with one attached hydrogen (secondary N) is 1. The summed E-state index contributed by atoms with van der Waals surface area (Å²) in [4.78, 5) is 14.8. The van der Waals surface area contributed by atoms with Crippen LogP contribution in [0.15, 0.2) is 24.3 Å². The lowest BCUT2D eigenvalue weighted by molar-refractivity contribution is -0.157. The van der Waals surface area contributed by atoms with Gasteiger partial charge in [0.1, 0.15) is 0 Å². The molecule has 1 aliphatic carbocycles. The summed E-state index contributed by atoms with van der Waals surface area (Å²) in [6.45, 7) is 6.99. The molecule has 2 N–H and O–H groups in total. The fourth-order valence-electron chi connectivity index (χ4n) is 4.48. The van der Waals surface area contributed by atoms with Crippen molar-refractivity contribution in [3.63, 3.8) is 0 Å². The third-order valence-electron chi connectivity index (χ3n) is 6.30. The number of carbonyl (C=O) groups is 1. The minimum absolute atomic E-state index is 0.113. The number of benzene rings is 1. The summed E-state index contributed by atoms with van der Waals surface area (Å²) in [6.07, 6.45) is 7.96. The zero-order valence-electron chi connectivity index (χ0n) is 17.0. The monoisotopic (exact) mass is 372 g/mol. The lowest BCUT2D eigenvalue weighted by Gasteiger charge is -2.38. The predicted octanol–water partition coefficient (Wildman–Crippen LogP) is 3.83. The van der Waals surface area contributed by atoms with Crippen LogP contribution in [0, 0.1) is 5.92 Å². The first-order valence-corrected chi connectivity index (χ1v) is 10.8. The summed E-state index contributed by atoms with van der Waals surface area (Å²) in [5.41, 5.74) is 1.20. The molecular weight excluding hydrogens is 336 g/mol. The highest BCUT2D eigenvalue weighted by Gasteiger charge is 2.41. The summed E-state index contributed by atoms with van der Waals surface area (Å²) >= 11 is 0. The Balaban J connectivity index is 1.53. The van der Waals surface area contributed by atoms with Crippen molar-refractivity contribution in [3.05, 3.63) is 35.4 Å². The summed E-state index contributed by atoms with van der Waals surface area (Å²) in [7, 11) is 0. The van der Waals surface area contributed by atoms with Crippen molar-refractivity contribution in [1.82, 2.24) is 10.2 Å². The second-order valence-corrected chi connectivity index (χ2v) is 8.89. The molecule has 4 heteroatoms. The van der Waals surface area contributed by atoms with Crippen LogP contribution >= 0.6 is 0 Å². The number of nitrogens with zero attached hydrogens (tertiary/aromatic N) is 1. The maximum atomic E-state index is 12.9. The van der Waals surface area contributed by atoms with E-state index in [0.29, 0.717) is 31.3 Å². The fourth-order valence-corrected chi connectivity index (χ4v) is 4.48. The van der Waals surface area contributed by atoms with Gasteiger partial charge in [-0.15, -0.1) is 0 Å². The molecule has 0 radical (unpaired) electrons. The topological polar surface area (TPSA) is 52.6 Å². The Bertz CT molecular complexity index is 607. The summed E-state index contributed by atoms with van der Waals surface area (Å²) < 4.78 is 0. The number of aliphatic hydroxyl groups is 1. The van der Waals surface area contributed by atoms with E-state index in [1.807, 2.05) is 4.90 Å². The average Bonchev–Trinajstić information content (AvgIpc) is 2.67. The van der Waals surface area contributed by atoms with Gasteiger partial charge in [-0.25, -0.2) is 0 Å². The second kappa shape index (κ2) is 9.20. The van der Waals surface area contributed by atoms with Crippen LogP contribution in [0.3, 0.4) is 0 Å². The van der Waals surface area contributed by atoms with Crippen LogP contribution in [-0.2, 0) is 11.3 Å². The number of hydrogen-bond acceptors (Lipinski definition) is 3. The number of carbonyl (C=O) groups excluding carboxylic acids is 1. The molecule has 1 aromatic rings. The van der Waals surface area contributed by atoms with Gasteiger partial charge in [-0.1, -0.05) is 57.4 Å². The predicted molar refractivity (Wildman–Crippen MR) is 110 cm³/mol. The van der Waals surface area contributed by atoms with Gasteiger partial charge < -0.3 is 15.3 Å². The Hall–Kier alpha value is -1.39. The summed E-state index contributed by atoms with van der Waals surface area (Å²) in [6, 6.07) is 8.51. The minimum atomic E-state index is -1.25. The Morgan fingerprint density at radius 3 is 2.52 bits per heavy atom. The van der Waals surface area contributed by atoms with E-state index in [1.165, 1.54) is 37.7 Å². The van der Waals surface area contributed by atoms with Crippen molar-refractivity contribution in [1.29, 1.82) is 0 Å². The Labute approximate surface area is 164 Å². The molecule has 0 aromatic heterocycles. The first-order valence-electron chi connectivity index (χ1n) is 10.8. The maximum absolute atomic E-state index is 12.9. The van der Waals surface area contributed by atoms with E-state index in [-0.39, 0.29) is 5.91 Å². The number of amides is 1. The quantitative estimate of drug-likeness (QED) is 0.765. The zero-order chi connectivity index (χ0) is 19.3. The molecule has 0 unspecified atom stereocenters. The second-order valence-electron chi connectivity index (χ2n) is 8.89. The number of hydrogen-bond donors (Lipinski definition) is 2. The van der Waals surface area contributed by atoms with Gasteiger partial charge >= 0.3 is 0 Å². The van der Waals surface area contributed by atoms with E-state index in [0.717, 1.165) is 25.1 Å². The van der Waals surface area contributed by atoms with Gasteiger partial charge in [-0.3, -0.25) is 4.79 Å². The fraction of sp³-hybridized carbons (Fsp3) is 0.696. The maximum Gasteiger partial charge on any atom is 0.256 e. The molecule has 150 valence electrons. The molecule has 1 aliphatic heterocycles. The summed E-state index contributed by atoms with van der Waals surface area (Å²) in [5.74, 6) is 1.10. The first kappa shape index (κ1) is 20.3. The smallest absolute Gasteiger partial charge is 0.256 e. The highest BCUT2D eigenvalue weighted by Crippen LogP contribution is 2.26. The highest BCUT2D eigenvalue weighted by molar-refractivity contribution is 5.86. The molecular formula is C23H36N2O2. The standard InChI is InChI=1S/C23H36N2O2/c1-18(2)21-11-9-20(10-12-21)16-25-14-6-13-23(27,22(25)26)17-24-15-19-7-4-3-5-8-19/h9-12,18-19,24,27H,3-8,13-17H2,1-2H3/t23-/m1/s1. The van der Waals surface area contributed by atoms with Crippen molar-refractivity contribution < 1.29 is 9.90 Å². The Morgan fingerprint density at radius 1 is 1.15 bits per heavy atom. The van der Waals surface area contributed by atoms with Crippen LogP contribution in [0.2, 0.25) is 0 Å². The largest absolute Gasteiger partial charge is 0.379 e. The van der Waals surface area contributed by atoms with Gasteiger partial charge in [0.15, 0.2) is 5.60 Å². The molecule has 1 atom stereocenters. The van der Waals surface area contributed by atoms with E-state index < -0.39 is 5.60 Å². The van der Waals surface area contributed by atoms with Crippen LogP contribution in [0.25, 0.3) is 0 Å². The molecule has 0 bridgehead atoms. The van der Waals surface area contributed by atoms with Gasteiger partial charge in [0.05, 0.1) is 0 Å². The summed E-state index contributed by atoms with van der Waals surface area (Å²) in [5, 5.41) is 14.4. The van der Waals surface area contributed by atoms with Gasteiger partial charge in [-0.2, -0.15) is 0 Å². The normalized spacial score (nSPS) is 24.6. The van der Waals surface area contributed by atoms with Gasteiger partial charge in [0.2, 0.25) is 0 Å². The van der Waals surface area contributed by atoms with Crippen LogP contribution in [-0.4, -0.2) is 41.1 Å². The van der Waals surface area contributed by atoms with Crippen molar-refractivity contribution in [2.75, 3.05) is 19.6 Å². The average molecular weight is 373 g/mol. The molecule has 1 saturated carbocycles. The van der Waals surface area contributed by atoms with E-state index in [9.17, 15) is 9.90 Å². The third kappa shape index (κ3) is 5.32. The van der Waals surface area contributed by atoms with Crippen LogP contribution in [0.5, 0.6) is 0 Å². The SMILES string of the molecule is CC(C)c1ccc(CN2CCC[C@@](O)(CNCC3CCCCC3)C2=O)cc1. The van der Waals surface area contributed by atoms with Crippen molar-refractivity contribution in [2.24, 2.45) is 5.92 Å². The molecule has 27 heavy (non-hydrogen) atoms. The number of piperidine rings is 1. The molecule has 1 aromatic carbocycles. The molecule has 2 aliphatic rings. The molecule has 1 heterocycles.